The van der Waals surface area contributed by atoms with Crippen LogP contribution in [0, 0.1) is 13.8 Å². The predicted octanol–water partition coefficient (Wildman–Crippen LogP) is 4.62. The molecular weight excluding hydrogens is 410 g/mol. The van der Waals surface area contributed by atoms with Crippen LogP contribution in [0.2, 0.25) is 0 Å². The number of rotatable bonds is 8. The molecule has 0 amide bonds. The molecule has 1 saturated carbocycles. The van der Waals surface area contributed by atoms with Crippen molar-refractivity contribution in [1.82, 2.24) is 5.16 Å². The van der Waals surface area contributed by atoms with E-state index in [9.17, 15) is 13.2 Å². The Kier molecular flexibility index (Phi) is 6.27. The number of ketones is 1. The van der Waals surface area contributed by atoms with Gasteiger partial charge in [0.15, 0.2) is 26.4 Å². The molecule has 1 aromatic heterocycles. The second-order valence-electron chi connectivity index (χ2n) is 7.55. The Morgan fingerprint density at radius 1 is 1.38 bits per heavy atom. The maximum absolute atomic E-state index is 13.6. The van der Waals surface area contributed by atoms with Crippen LogP contribution >= 0.6 is 11.8 Å². The molecule has 1 fully saturated rings. The lowest BCUT2D eigenvalue weighted by Gasteiger charge is -2.23. The molecule has 1 aromatic carbocycles. The summed E-state index contributed by atoms with van der Waals surface area (Å²) < 4.78 is 36.2. The largest absolute Gasteiger partial charge is 0.377 e. The van der Waals surface area contributed by atoms with E-state index in [4.69, 9.17) is 9.26 Å². The molecule has 8 heteroatoms. The summed E-state index contributed by atoms with van der Waals surface area (Å²) in [6.07, 6.45) is 5.20. The SMILES string of the molecule is CCC(OC)c1c(C)c(C(=O)c2c(SC)noc2C2CC2)cc(C)c1S(C)(=O)=O. The van der Waals surface area contributed by atoms with Crippen LogP contribution in [0.15, 0.2) is 20.5 Å². The molecule has 6 nitrogen and oxygen atoms in total. The predicted molar refractivity (Wildman–Crippen MR) is 113 cm³/mol. The van der Waals surface area contributed by atoms with Gasteiger partial charge in [-0.3, -0.25) is 4.79 Å². The van der Waals surface area contributed by atoms with E-state index in [2.05, 4.69) is 5.16 Å². The number of benzene rings is 1. The molecule has 0 radical (unpaired) electrons. The summed E-state index contributed by atoms with van der Waals surface area (Å²) >= 11 is 1.38. The van der Waals surface area contributed by atoms with E-state index in [1.54, 1.807) is 27.0 Å². The lowest BCUT2D eigenvalue weighted by molar-refractivity contribution is 0.0964. The van der Waals surface area contributed by atoms with Gasteiger partial charge in [-0.15, -0.1) is 11.8 Å². The smallest absolute Gasteiger partial charge is 0.199 e. The van der Waals surface area contributed by atoms with Gasteiger partial charge in [0.25, 0.3) is 0 Å². The minimum Gasteiger partial charge on any atom is -0.377 e. The zero-order valence-corrected chi connectivity index (χ0v) is 19.3. The topological polar surface area (TPSA) is 86.5 Å². The van der Waals surface area contributed by atoms with Crippen LogP contribution in [0.25, 0.3) is 0 Å². The van der Waals surface area contributed by atoms with Crippen LogP contribution in [0.3, 0.4) is 0 Å². The van der Waals surface area contributed by atoms with E-state index in [1.807, 2.05) is 13.2 Å². The second kappa shape index (κ2) is 8.24. The fraction of sp³-hybridized carbons (Fsp3) is 0.524. The molecule has 2 aromatic rings. The van der Waals surface area contributed by atoms with Crippen molar-refractivity contribution in [2.24, 2.45) is 0 Å². The standard InChI is InChI=1S/C21H27NO5S2/c1-7-15(26-4)16-12(3)14(10-11(2)20(16)29(6,24)25)18(23)17-19(13-8-9-13)27-22-21(17)28-5/h10,13,15H,7-9H2,1-6H3. The van der Waals surface area contributed by atoms with Gasteiger partial charge in [-0.25, -0.2) is 8.42 Å². The van der Waals surface area contributed by atoms with Gasteiger partial charge in [0.1, 0.15) is 0 Å². The fourth-order valence-electron chi connectivity index (χ4n) is 3.92. The highest BCUT2D eigenvalue weighted by Gasteiger charge is 2.36. The molecule has 1 unspecified atom stereocenters. The van der Waals surface area contributed by atoms with Gasteiger partial charge in [0, 0.05) is 30.4 Å². The van der Waals surface area contributed by atoms with Gasteiger partial charge in [-0.05, 0) is 56.6 Å². The van der Waals surface area contributed by atoms with Crippen molar-refractivity contribution >= 4 is 27.4 Å². The molecule has 0 spiro atoms. The number of sulfone groups is 1. The van der Waals surface area contributed by atoms with Crippen molar-refractivity contribution in [1.29, 1.82) is 0 Å². The van der Waals surface area contributed by atoms with Crippen LogP contribution in [0.4, 0.5) is 0 Å². The number of thioether (sulfide) groups is 1. The molecule has 1 heterocycles. The number of aryl methyl sites for hydroxylation is 1. The van der Waals surface area contributed by atoms with Gasteiger partial charge in [0.05, 0.1) is 16.6 Å². The molecule has 158 valence electrons. The van der Waals surface area contributed by atoms with Crippen LogP contribution in [0.1, 0.15) is 76.6 Å². The fourth-order valence-corrected chi connectivity index (χ4v) is 5.75. The van der Waals surface area contributed by atoms with Crippen molar-refractivity contribution in [3.05, 3.63) is 39.6 Å². The maximum atomic E-state index is 13.6. The first-order valence-corrected chi connectivity index (χ1v) is 12.7. The van der Waals surface area contributed by atoms with Crippen molar-refractivity contribution in [2.45, 2.75) is 62.0 Å². The third-order valence-electron chi connectivity index (χ3n) is 5.42. The molecule has 0 bridgehead atoms. The lowest BCUT2D eigenvalue weighted by atomic mass is 9.90. The summed E-state index contributed by atoms with van der Waals surface area (Å²) in [5.74, 6) is 0.704. The Morgan fingerprint density at radius 3 is 2.52 bits per heavy atom. The van der Waals surface area contributed by atoms with Crippen LogP contribution in [-0.2, 0) is 14.6 Å². The highest BCUT2D eigenvalue weighted by atomic mass is 32.2. The summed E-state index contributed by atoms with van der Waals surface area (Å²) in [5.41, 5.74) is 2.72. The number of hydrogen-bond acceptors (Lipinski definition) is 7. The molecular formula is C21H27NO5S2. The third-order valence-corrected chi connectivity index (χ3v) is 7.37. The Morgan fingerprint density at radius 2 is 2.03 bits per heavy atom. The van der Waals surface area contributed by atoms with Crippen molar-refractivity contribution in [3.8, 4) is 0 Å². The van der Waals surface area contributed by atoms with Gasteiger partial charge in [-0.1, -0.05) is 12.1 Å². The molecule has 1 aliphatic rings. The molecule has 1 atom stereocenters. The minimum atomic E-state index is -3.50. The van der Waals surface area contributed by atoms with Gasteiger partial charge in [0.2, 0.25) is 0 Å². The maximum Gasteiger partial charge on any atom is 0.199 e. The Bertz CT molecular complexity index is 1050. The summed E-state index contributed by atoms with van der Waals surface area (Å²) in [6, 6.07) is 1.67. The Balaban J connectivity index is 2.27. The van der Waals surface area contributed by atoms with Crippen molar-refractivity contribution < 1.29 is 22.5 Å². The van der Waals surface area contributed by atoms with Crippen molar-refractivity contribution in [3.63, 3.8) is 0 Å². The van der Waals surface area contributed by atoms with Gasteiger partial charge < -0.3 is 9.26 Å². The summed E-state index contributed by atoms with van der Waals surface area (Å²) in [7, 11) is -1.94. The highest BCUT2D eigenvalue weighted by Crippen LogP contribution is 2.45. The zero-order valence-electron chi connectivity index (χ0n) is 17.7. The minimum absolute atomic E-state index is 0.176. The van der Waals surface area contributed by atoms with E-state index < -0.39 is 15.9 Å². The van der Waals surface area contributed by atoms with Crippen LogP contribution in [-0.4, -0.2) is 39.0 Å². The molecule has 0 N–H and O–H groups in total. The monoisotopic (exact) mass is 437 g/mol. The number of carbonyl (C=O) groups is 1. The Hall–Kier alpha value is -1.64. The van der Waals surface area contributed by atoms with E-state index in [1.165, 1.54) is 18.0 Å². The van der Waals surface area contributed by atoms with Gasteiger partial charge >= 0.3 is 0 Å². The first-order chi connectivity index (χ1) is 13.6. The molecule has 0 saturated heterocycles. The normalized spacial score (nSPS) is 15.5. The number of ether oxygens (including phenoxy) is 1. The Labute approximate surface area is 176 Å². The first-order valence-electron chi connectivity index (χ1n) is 9.60. The molecule has 1 aliphatic carbocycles. The highest BCUT2D eigenvalue weighted by molar-refractivity contribution is 7.98. The molecule has 3 rings (SSSR count). The van der Waals surface area contributed by atoms with Crippen LogP contribution < -0.4 is 0 Å². The first kappa shape index (κ1) is 22.1. The quantitative estimate of drug-likeness (QED) is 0.440. The van der Waals surface area contributed by atoms with E-state index in [-0.39, 0.29) is 16.6 Å². The molecule has 0 aliphatic heterocycles. The van der Waals surface area contributed by atoms with Crippen molar-refractivity contribution in [2.75, 3.05) is 19.6 Å². The number of nitrogens with zero attached hydrogens (tertiary/aromatic N) is 1. The number of carbonyl (C=O) groups excluding carboxylic acids is 1. The number of hydrogen-bond donors (Lipinski definition) is 0. The lowest BCUT2D eigenvalue weighted by Crippen LogP contribution is -2.16. The van der Waals surface area contributed by atoms with E-state index in [0.717, 1.165) is 12.8 Å². The molecule has 29 heavy (non-hydrogen) atoms. The van der Waals surface area contributed by atoms with Crippen LogP contribution in [0.5, 0.6) is 0 Å². The van der Waals surface area contributed by atoms with E-state index >= 15 is 0 Å². The third kappa shape index (κ3) is 4.02. The average molecular weight is 438 g/mol. The number of aromatic nitrogens is 1. The van der Waals surface area contributed by atoms with Gasteiger partial charge in [-0.2, -0.15) is 0 Å². The summed E-state index contributed by atoms with van der Waals surface area (Å²) in [6.45, 7) is 5.45. The zero-order chi connectivity index (χ0) is 21.5. The van der Waals surface area contributed by atoms with E-state index in [0.29, 0.717) is 45.0 Å². The summed E-state index contributed by atoms with van der Waals surface area (Å²) in [5, 5.41) is 4.66. The average Bonchev–Trinajstić information content (AvgIpc) is 3.42. The second-order valence-corrected chi connectivity index (χ2v) is 10.3. The summed E-state index contributed by atoms with van der Waals surface area (Å²) in [4.78, 5) is 13.9. The number of methoxy groups -OCH3 is 1.